The zero-order chi connectivity index (χ0) is 11.1. The van der Waals surface area contributed by atoms with E-state index >= 15 is 0 Å². The summed E-state index contributed by atoms with van der Waals surface area (Å²) in [6.07, 6.45) is 2.21. The highest BCUT2D eigenvalue weighted by atomic mass is 16.5. The molecule has 3 nitrogen and oxygen atoms in total. The van der Waals surface area contributed by atoms with Gasteiger partial charge in [-0.2, -0.15) is 0 Å². The zero-order valence-electron chi connectivity index (χ0n) is 9.16. The maximum absolute atomic E-state index is 9.38. The van der Waals surface area contributed by atoms with Crippen LogP contribution in [0.4, 0.5) is 0 Å². The van der Waals surface area contributed by atoms with Crippen molar-refractivity contribution in [2.45, 2.75) is 31.2 Å². The Morgan fingerprint density at radius 1 is 1.47 bits per heavy atom. The van der Waals surface area contributed by atoms with Crippen molar-refractivity contribution in [1.29, 1.82) is 0 Å². The van der Waals surface area contributed by atoms with Gasteiger partial charge in [0.15, 0.2) is 0 Å². The second kappa shape index (κ2) is 3.42. The molecule has 0 bridgehead atoms. The van der Waals surface area contributed by atoms with E-state index < -0.39 is 0 Å². The molecule has 1 aliphatic carbocycles. The average Bonchev–Trinajstić information content (AvgIpc) is 2.98. The number of hydrogen-bond acceptors (Lipinski definition) is 3. The summed E-state index contributed by atoms with van der Waals surface area (Å²) in [6.45, 7) is 2.03. The third-order valence-corrected chi connectivity index (χ3v) is 3.38. The molecule has 0 radical (unpaired) electrons. The van der Waals surface area contributed by atoms with E-state index in [9.17, 15) is 5.11 Å². The summed E-state index contributed by atoms with van der Waals surface area (Å²) in [5.41, 5.74) is 7.20. The Bertz CT molecular complexity index is 370. The molecule has 1 saturated carbocycles. The molecule has 1 unspecified atom stereocenters. The van der Waals surface area contributed by atoms with Crippen molar-refractivity contribution in [2.24, 2.45) is 5.73 Å². The van der Waals surface area contributed by atoms with E-state index in [0.717, 1.165) is 24.2 Å². The summed E-state index contributed by atoms with van der Waals surface area (Å²) in [6, 6.07) is 5.39. The molecule has 0 spiro atoms. The lowest BCUT2D eigenvalue weighted by atomic mass is 9.88. The normalized spacial score (nSPS) is 19.7. The van der Waals surface area contributed by atoms with Crippen molar-refractivity contribution >= 4 is 0 Å². The SMILES string of the molecule is COc1cc(O)ccc1C1(C(C)N)CC1. The summed E-state index contributed by atoms with van der Waals surface area (Å²) >= 11 is 0. The molecule has 82 valence electrons. The third-order valence-electron chi connectivity index (χ3n) is 3.38. The third kappa shape index (κ3) is 1.57. The Balaban J connectivity index is 2.44. The van der Waals surface area contributed by atoms with Crippen LogP contribution in [0.2, 0.25) is 0 Å². The Morgan fingerprint density at radius 3 is 2.60 bits per heavy atom. The Morgan fingerprint density at radius 2 is 2.13 bits per heavy atom. The van der Waals surface area contributed by atoms with E-state index in [0.29, 0.717) is 0 Å². The number of ether oxygens (including phenoxy) is 1. The maximum atomic E-state index is 9.38. The van der Waals surface area contributed by atoms with Crippen molar-refractivity contribution < 1.29 is 9.84 Å². The molecule has 3 heteroatoms. The number of rotatable bonds is 3. The first kappa shape index (κ1) is 10.3. The van der Waals surface area contributed by atoms with Crippen LogP contribution in [-0.2, 0) is 5.41 Å². The number of phenols is 1. The van der Waals surface area contributed by atoms with Crippen LogP contribution in [0.25, 0.3) is 0 Å². The van der Waals surface area contributed by atoms with Gasteiger partial charge in [-0.25, -0.2) is 0 Å². The molecule has 0 aliphatic heterocycles. The molecule has 1 atom stereocenters. The molecule has 15 heavy (non-hydrogen) atoms. The van der Waals surface area contributed by atoms with E-state index in [4.69, 9.17) is 10.5 Å². The average molecular weight is 207 g/mol. The number of benzene rings is 1. The van der Waals surface area contributed by atoms with Crippen LogP contribution < -0.4 is 10.5 Å². The van der Waals surface area contributed by atoms with Crippen molar-refractivity contribution in [3.05, 3.63) is 23.8 Å². The molecule has 2 rings (SSSR count). The summed E-state index contributed by atoms with van der Waals surface area (Å²) in [5, 5.41) is 9.38. The smallest absolute Gasteiger partial charge is 0.126 e. The number of methoxy groups -OCH3 is 1. The van der Waals surface area contributed by atoms with Gasteiger partial charge in [-0.15, -0.1) is 0 Å². The molecule has 1 aromatic rings. The van der Waals surface area contributed by atoms with Gasteiger partial charge in [0.25, 0.3) is 0 Å². The first-order valence-corrected chi connectivity index (χ1v) is 5.23. The van der Waals surface area contributed by atoms with Gasteiger partial charge >= 0.3 is 0 Å². The summed E-state index contributed by atoms with van der Waals surface area (Å²) in [4.78, 5) is 0. The largest absolute Gasteiger partial charge is 0.508 e. The molecular formula is C12H17NO2. The number of hydrogen-bond donors (Lipinski definition) is 2. The molecule has 0 aromatic heterocycles. The molecule has 3 N–H and O–H groups in total. The molecule has 0 heterocycles. The number of aromatic hydroxyl groups is 1. The number of phenolic OH excluding ortho intramolecular Hbond substituents is 1. The van der Waals surface area contributed by atoms with Crippen LogP contribution in [0.5, 0.6) is 11.5 Å². The van der Waals surface area contributed by atoms with Gasteiger partial charge in [-0.3, -0.25) is 0 Å². The lowest BCUT2D eigenvalue weighted by molar-refractivity contribution is 0.392. The van der Waals surface area contributed by atoms with Crippen molar-refractivity contribution in [3.63, 3.8) is 0 Å². The van der Waals surface area contributed by atoms with Crippen LogP contribution in [-0.4, -0.2) is 18.3 Å². The van der Waals surface area contributed by atoms with Gasteiger partial charge in [-0.05, 0) is 25.8 Å². The van der Waals surface area contributed by atoms with Gasteiger partial charge in [0, 0.05) is 23.1 Å². The Hall–Kier alpha value is -1.22. The maximum Gasteiger partial charge on any atom is 0.126 e. The molecule has 1 aromatic carbocycles. The zero-order valence-corrected chi connectivity index (χ0v) is 9.16. The number of nitrogens with two attached hydrogens (primary N) is 1. The topological polar surface area (TPSA) is 55.5 Å². The van der Waals surface area contributed by atoms with E-state index in [1.807, 2.05) is 13.0 Å². The van der Waals surface area contributed by atoms with Gasteiger partial charge in [0.05, 0.1) is 7.11 Å². The monoisotopic (exact) mass is 207 g/mol. The molecule has 0 saturated heterocycles. The van der Waals surface area contributed by atoms with Gasteiger partial charge < -0.3 is 15.6 Å². The van der Waals surface area contributed by atoms with Crippen LogP contribution in [0.15, 0.2) is 18.2 Å². The first-order valence-electron chi connectivity index (χ1n) is 5.23. The highest BCUT2D eigenvalue weighted by molar-refractivity contribution is 5.48. The minimum Gasteiger partial charge on any atom is -0.508 e. The second-order valence-corrected chi connectivity index (χ2v) is 4.33. The van der Waals surface area contributed by atoms with Crippen molar-refractivity contribution in [1.82, 2.24) is 0 Å². The molecule has 0 amide bonds. The first-order chi connectivity index (χ1) is 7.10. The fourth-order valence-electron chi connectivity index (χ4n) is 2.20. The van der Waals surface area contributed by atoms with Crippen molar-refractivity contribution in [2.75, 3.05) is 7.11 Å². The molecule has 1 aliphatic rings. The molecular weight excluding hydrogens is 190 g/mol. The van der Waals surface area contributed by atoms with Crippen LogP contribution >= 0.6 is 0 Å². The predicted octanol–water partition coefficient (Wildman–Crippen LogP) is 1.78. The van der Waals surface area contributed by atoms with E-state index in [1.54, 1.807) is 19.2 Å². The van der Waals surface area contributed by atoms with Gasteiger partial charge in [-0.1, -0.05) is 6.07 Å². The lowest BCUT2D eigenvalue weighted by Crippen LogP contribution is -2.31. The Labute approximate surface area is 89.9 Å². The van der Waals surface area contributed by atoms with Gasteiger partial charge in [0.1, 0.15) is 11.5 Å². The standard InChI is InChI=1S/C12H17NO2/c1-8(13)12(5-6-12)10-4-3-9(14)7-11(10)15-2/h3-4,7-8,14H,5-6,13H2,1-2H3. The van der Waals surface area contributed by atoms with Crippen molar-refractivity contribution in [3.8, 4) is 11.5 Å². The van der Waals surface area contributed by atoms with E-state index in [1.165, 1.54) is 0 Å². The van der Waals surface area contributed by atoms with E-state index in [2.05, 4.69) is 0 Å². The highest BCUT2D eigenvalue weighted by Crippen LogP contribution is 2.53. The highest BCUT2D eigenvalue weighted by Gasteiger charge is 2.49. The van der Waals surface area contributed by atoms with Crippen LogP contribution in [0.3, 0.4) is 0 Å². The summed E-state index contributed by atoms with van der Waals surface area (Å²) in [5.74, 6) is 0.973. The summed E-state index contributed by atoms with van der Waals surface area (Å²) in [7, 11) is 1.62. The van der Waals surface area contributed by atoms with E-state index in [-0.39, 0.29) is 17.2 Å². The van der Waals surface area contributed by atoms with Gasteiger partial charge in [0.2, 0.25) is 0 Å². The minimum atomic E-state index is 0.0685. The predicted molar refractivity (Wildman–Crippen MR) is 59.2 cm³/mol. The lowest BCUT2D eigenvalue weighted by Gasteiger charge is -2.22. The molecule has 1 fully saturated rings. The summed E-state index contributed by atoms with van der Waals surface area (Å²) < 4.78 is 5.29. The fourth-order valence-corrected chi connectivity index (χ4v) is 2.20. The second-order valence-electron chi connectivity index (χ2n) is 4.33. The fraction of sp³-hybridized carbons (Fsp3) is 0.500. The minimum absolute atomic E-state index is 0.0685. The van der Waals surface area contributed by atoms with Crippen LogP contribution in [0, 0.1) is 0 Å². The van der Waals surface area contributed by atoms with Crippen LogP contribution in [0.1, 0.15) is 25.3 Å². The quantitative estimate of drug-likeness (QED) is 0.794. The Kier molecular flexibility index (Phi) is 2.35.